The average Bonchev–Trinajstić information content (AvgIpc) is 3.42. The van der Waals surface area contributed by atoms with Crippen molar-refractivity contribution in [2.24, 2.45) is 0 Å². The van der Waals surface area contributed by atoms with Gasteiger partial charge in [0.25, 0.3) is 5.56 Å². The number of thiophene rings is 1. The van der Waals surface area contributed by atoms with Gasteiger partial charge in [0.2, 0.25) is 0 Å². The summed E-state index contributed by atoms with van der Waals surface area (Å²) >= 11 is 1.40. The average molecular weight is 424 g/mol. The fraction of sp³-hybridized carbons (Fsp3) is 0.261. The minimum Gasteiger partial charge on any atom is -0.496 e. The van der Waals surface area contributed by atoms with Crippen molar-refractivity contribution in [3.63, 3.8) is 0 Å². The summed E-state index contributed by atoms with van der Waals surface area (Å²) in [6.45, 7) is 0.862. The van der Waals surface area contributed by atoms with E-state index in [1.165, 1.54) is 11.3 Å². The highest BCUT2D eigenvalue weighted by molar-refractivity contribution is 7.17. The molecule has 4 aromatic rings. The van der Waals surface area contributed by atoms with Crippen molar-refractivity contribution in [3.8, 4) is 16.9 Å². The SMILES string of the molecule is COc1ccc2[nH]c(=O)c3sccc3c2c1-c1cccc(C(F)N2CCC(O)C2)c1. The highest BCUT2D eigenvalue weighted by atomic mass is 32.1. The number of aliphatic hydroxyl groups is 1. The van der Waals surface area contributed by atoms with Crippen LogP contribution in [0.25, 0.3) is 32.1 Å². The number of H-pyrrole nitrogens is 1. The molecular weight excluding hydrogens is 403 g/mol. The number of hydrogen-bond donors (Lipinski definition) is 2. The Labute approximate surface area is 176 Å². The minimum absolute atomic E-state index is 0.117. The molecule has 0 radical (unpaired) electrons. The third-order valence-electron chi connectivity index (χ3n) is 5.74. The van der Waals surface area contributed by atoms with E-state index in [2.05, 4.69) is 4.98 Å². The number of ether oxygens (including phenoxy) is 1. The van der Waals surface area contributed by atoms with Crippen LogP contribution in [0.2, 0.25) is 0 Å². The first-order valence-corrected chi connectivity index (χ1v) is 10.7. The van der Waals surface area contributed by atoms with Gasteiger partial charge in [0.15, 0.2) is 6.30 Å². The second kappa shape index (κ2) is 7.50. The standard InChI is InChI=1S/C23H21FN2O3S/c1-29-18-6-5-17-20(16-8-10-30-21(16)23(28)25-17)19(18)13-3-2-4-14(11-13)22(24)26-9-7-15(27)12-26/h2-6,8,10-11,15,22,27H,7,9,12H2,1H3,(H,25,28). The third-order valence-corrected chi connectivity index (χ3v) is 6.65. The highest BCUT2D eigenvalue weighted by Gasteiger charge is 2.28. The molecule has 0 aliphatic carbocycles. The van der Waals surface area contributed by atoms with E-state index in [1.807, 2.05) is 41.8 Å². The predicted octanol–water partition coefficient (Wildman–Crippen LogP) is 4.45. The van der Waals surface area contributed by atoms with Gasteiger partial charge in [0, 0.05) is 40.5 Å². The minimum atomic E-state index is -1.29. The molecule has 3 heterocycles. The zero-order valence-corrected chi connectivity index (χ0v) is 17.2. The van der Waals surface area contributed by atoms with Crippen molar-refractivity contribution < 1.29 is 14.2 Å². The first-order chi connectivity index (χ1) is 14.6. The van der Waals surface area contributed by atoms with Gasteiger partial charge in [-0.3, -0.25) is 9.69 Å². The molecule has 5 rings (SSSR count). The first-order valence-electron chi connectivity index (χ1n) is 9.83. The fourth-order valence-electron chi connectivity index (χ4n) is 4.31. The van der Waals surface area contributed by atoms with Gasteiger partial charge in [0.05, 0.1) is 13.2 Å². The number of hydrogen-bond acceptors (Lipinski definition) is 5. The number of rotatable bonds is 4. The Hall–Kier alpha value is -2.74. The highest BCUT2D eigenvalue weighted by Crippen LogP contribution is 2.41. The normalized spacial score (nSPS) is 18.3. The number of nitrogens with one attached hydrogen (secondary N) is 1. The van der Waals surface area contributed by atoms with Crippen molar-refractivity contribution in [1.29, 1.82) is 0 Å². The van der Waals surface area contributed by atoms with Crippen molar-refractivity contribution in [2.75, 3.05) is 20.2 Å². The lowest BCUT2D eigenvalue weighted by atomic mass is 9.95. The van der Waals surface area contributed by atoms with Crippen LogP contribution in [0.1, 0.15) is 18.3 Å². The summed E-state index contributed by atoms with van der Waals surface area (Å²) < 4.78 is 21.5. The molecular formula is C23H21FN2O3S. The van der Waals surface area contributed by atoms with Crippen LogP contribution >= 0.6 is 11.3 Å². The zero-order valence-electron chi connectivity index (χ0n) is 16.4. The maximum Gasteiger partial charge on any atom is 0.266 e. The zero-order chi connectivity index (χ0) is 20.8. The maximum atomic E-state index is 15.2. The summed E-state index contributed by atoms with van der Waals surface area (Å²) in [5.41, 5.74) is 2.77. The molecule has 1 saturated heterocycles. The van der Waals surface area contributed by atoms with Gasteiger partial charge >= 0.3 is 0 Å². The van der Waals surface area contributed by atoms with E-state index in [0.717, 1.165) is 21.9 Å². The molecule has 2 N–H and O–H groups in total. The van der Waals surface area contributed by atoms with Gasteiger partial charge in [-0.25, -0.2) is 4.39 Å². The monoisotopic (exact) mass is 424 g/mol. The molecule has 2 aromatic heterocycles. The Balaban J connectivity index is 1.71. The number of aliphatic hydroxyl groups excluding tert-OH is 1. The van der Waals surface area contributed by atoms with Crippen molar-refractivity contribution in [1.82, 2.24) is 9.88 Å². The number of pyridine rings is 1. The summed E-state index contributed by atoms with van der Waals surface area (Å²) in [6.07, 6.45) is -1.18. The van der Waals surface area contributed by atoms with Crippen LogP contribution in [0.15, 0.2) is 52.6 Å². The van der Waals surface area contributed by atoms with E-state index < -0.39 is 12.4 Å². The van der Waals surface area contributed by atoms with Crippen LogP contribution in [0, 0.1) is 0 Å². The maximum absolute atomic E-state index is 15.2. The van der Waals surface area contributed by atoms with Gasteiger partial charge in [-0.05, 0) is 41.6 Å². The topological polar surface area (TPSA) is 65.6 Å². The van der Waals surface area contributed by atoms with Crippen LogP contribution in [-0.2, 0) is 0 Å². The van der Waals surface area contributed by atoms with Gasteiger partial charge in [-0.15, -0.1) is 11.3 Å². The van der Waals surface area contributed by atoms with Crippen LogP contribution < -0.4 is 10.3 Å². The lowest BCUT2D eigenvalue weighted by Gasteiger charge is -2.21. The Kier molecular flexibility index (Phi) is 4.81. The molecule has 7 heteroatoms. The number of benzene rings is 2. The van der Waals surface area contributed by atoms with E-state index in [1.54, 1.807) is 18.1 Å². The van der Waals surface area contributed by atoms with Gasteiger partial charge in [-0.2, -0.15) is 0 Å². The third kappa shape index (κ3) is 3.10. The molecule has 1 fully saturated rings. The number of fused-ring (bicyclic) bond motifs is 3. The molecule has 2 aromatic carbocycles. The largest absolute Gasteiger partial charge is 0.496 e. The molecule has 0 saturated carbocycles. The molecule has 30 heavy (non-hydrogen) atoms. The Morgan fingerprint density at radius 3 is 2.93 bits per heavy atom. The van der Waals surface area contributed by atoms with E-state index in [0.29, 0.717) is 41.0 Å². The number of β-amino-alcohol motifs (C(OH)–C–C–N with tert-alkyl or cyclic N) is 1. The molecule has 2 unspecified atom stereocenters. The van der Waals surface area contributed by atoms with Crippen LogP contribution in [0.5, 0.6) is 5.75 Å². The molecule has 0 spiro atoms. The summed E-state index contributed by atoms with van der Waals surface area (Å²) in [5.74, 6) is 0.659. The van der Waals surface area contributed by atoms with Crippen LogP contribution in [-0.4, -0.2) is 41.3 Å². The van der Waals surface area contributed by atoms with Crippen molar-refractivity contribution in [3.05, 3.63) is 63.8 Å². The quantitative estimate of drug-likeness (QED) is 0.475. The summed E-state index contributed by atoms with van der Waals surface area (Å²) in [4.78, 5) is 17.0. The summed E-state index contributed by atoms with van der Waals surface area (Å²) in [7, 11) is 1.61. The van der Waals surface area contributed by atoms with E-state index in [9.17, 15) is 9.90 Å². The number of halogens is 1. The molecule has 0 amide bonds. The van der Waals surface area contributed by atoms with Gasteiger partial charge in [-0.1, -0.05) is 18.2 Å². The Morgan fingerprint density at radius 2 is 2.17 bits per heavy atom. The fourth-order valence-corrected chi connectivity index (χ4v) is 5.11. The number of aromatic nitrogens is 1. The first kappa shape index (κ1) is 19.2. The second-order valence-electron chi connectivity index (χ2n) is 7.58. The van der Waals surface area contributed by atoms with Crippen LogP contribution in [0.4, 0.5) is 4.39 Å². The molecule has 1 aliphatic rings. The number of nitrogens with zero attached hydrogens (tertiary/aromatic N) is 1. The number of methoxy groups -OCH3 is 1. The van der Waals surface area contributed by atoms with Crippen LogP contribution in [0.3, 0.4) is 0 Å². The van der Waals surface area contributed by atoms with Crippen molar-refractivity contribution in [2.45, 2.75) is 18.8 Å². The lowest BCUT2D eigenvalue weighted by molar-refractivity contribution is 0.0875. The van der Waals surface area contributed by atoms with Crippen molar-refractivity contribution >= 4 is 32.3 Å². The number of alkyl halides is 1. The van der Waals surface area contributed by atoms with E-state index in [-0.39, 0.29) is 5.56 Å². The molecule has 154 valence electrons. The van der Waals surface area contributed by atoms with E-state index in [4.69, 9.17) is 4.74 Å². The predicted molar refractivity (Wildman–Crippen MR) is 118 cm³/mol. The van der Waals surface area contributed by atoms with Gasteiger partial charge in [0.1, 0.15) is 10.4 Å². The number of likely N-dealkylation sites (tertiary alicyclic amines) is 1. The number of aromatic amines is 1. The van der Waals surface area contributed by atoms with E-state index >= 15 is 4.39 Å². The second-order valence-corrected chi connectivity index (χ2v) is 8.50. The molecule has 2 atom stereocenters. The lowest BCUT2D eigenvalue weighted by Crippen LogP contribution is -2.24. The summed E-state index contributed by atoms with van der Waals surface area (Å²) in [5, 5.41) is 13.4. The smallest absolute Gasteiger partial charge is 0.266 e. The van der Waals surface area contributed by atoms with Gasteiger partial charge < -0.3 is 14.8 Å². The Morgan fingerprint density at radius 1 is 1.30 bits per heavy atom. The Bertz CT molecular complexity index is 1300. The summed E-state index contributed by atoms with van der Waals surface area (Å²) in [6, 6.07) is 12.9. The molecule has 5 nitrogen and oxygen atoms in total. The molecule has 0 bridgehead atoms. The molecule has 1 aliphatic heterocycles.